The number of hydrazone groups is 1. The molecular weight excluding hydrogens is 476 g/mol. The molecule has 0 saturated heterocycles. The van der Waals surface area contributed by atoms with E-state index >= 15 is 0 Å². The van der Waals surface area contributed by atoms with Crippen LogP contribution >= 0.6 is 44.7 Å². The molecule has 0 radical (unpaired) electrons. The largest absolute Gasteiger partial charge is 0.497 e. The van der Waals surface area contributed by atoms with Crippen LogP contribution in [-0.2, 0) is 0 Å². The number of thioether (sulfide) groups is 1. The Labute approximate surface area is 177 Å². The van der Waals surface area contributed by atoms with E-state index in [0.717, 1.165) is 32.1 Å². The summed E-state index contributed by atoms with van der Waals surface area (Å²) in [4.78, 5) is 1.21. The first-order valence-corrected chi connectivity index (χ1v) is 9.49. The van der Waals surface area contributed by atoms with Gasteiger partial charge in [0.2, 0.25) is 0 Å². The molecule has 0 aromatic heterocycles. The Kier molecular flexibility index (Phi) is 7.55. The quantitative estimate of drug-likeness (QED) is 0.453. The van der Waals surface area contributed by atoms with Crippen LogP contribution in [-0.4, -0.2) is 23.7 Å². The lowest BCUT2D eigenvalue weighted by Gasteiger charge is -2.29. The molecule has 1 heterocycles. The molecule has 2 aromatic carbocycles. The van der Waals surface area contributed by atoms with E-state index in [1.165, 1.54) is 4.91 Å². The van der Waals surface area contributed by atoms with Crippen molar-refractivity contribution in [3.8, 4) is 5.75 Å². The molecule has 6 heteroatoms. The van der Waals surface area contributed by atoms with Gasteiger partial charge in [-0.15, -0.1) is 23.6 Å². The molecule has 26 heavy (non-hydrogen) atoms. The summed E-state index contributed by atoms with van der Waals surface area (Å²) < 4.78 is 6.32. The maximum absolute atomic E-state index is 5.26. The zero-order chi connectivity index (χ0) is 17.8. The molecule has 0 aliphatic carbocycles. The Morgan fingerprint density at radius 3 is 2.31 bits per heavy atom. The van der Waals surface area contributed by atoms with Crippen molar-refractivity contribution in [3.63, 3.8) is 0 Å². The number of hydrogen-bond donors (Lipinski definition) is 0. The third-order valence-corrected chi connectivity index (χ3v) is 5.35. The van der Waals surface area contributed by atoms with E-state index in [1.807, 2.05) is 35.4 Å². The third kappa shape index (κ3) is 4.61. The van der Waals surface area contributed by atoms with Crippen LogP contribution in [0.1, 0.15) is 18.1 Å². The predicted octanol–water partition coefficient (Wildman–Crippen LogP) is 6.32. The molecule has 1 aliphatic heterocycles. The fraction of sp³-hybridized carbons (Fsp3) is 0.150. The highest BCUT2D eigenvalue weighted by molar-refractivity contribution is 9.10. The second-order valence-electron chi connectivity index (χ2n) is 5.52. The summed E-state index contributed by atoms with van der Waals surface area (Å²) in [6, 6.07) is 16.3. The summed E-state index contributed by atoms with van der Waals surface area (Å²) in [7, 11) is 1.68. The van der Waals surface area contributed by atoms with E-state index in [9.17, 15) is 0 Å². The molecule has 136 valence electrons. The minimum absolute atomic E-state index is 0. The Hall–Kier alpha value is -1.50. The minimum atomic E-state index is 0. The second kappa shape index (κ2) is 9.44. The average Bonchev–Trinajstić information content (AvgIpc) is 2.62. The molecule has 0 spiro atoms. The number of methoxy groups -OCH3 is 1. The monoisotopic (exact) mass is 494 g/mol. The lowest BCUT2D eigenvalue weighted by Crippen LogP contribution is -2.22. The van der Waals surface area contributed by atoms with E-state index in [2.05, 4.69) is 53.7 Å². The summed E-state index contributed by atoms with van der Waals surface area (Å²) in [5.74, 6) is 0.847. The fourth-order valence-corrected chi connectivity index (χ4v) is 3.89. The van der Waals surface area contributed by atoms with Crippen molar-refractivity contribution in [2.24, 2.45) is 5.10 Å². The van der Waals surface area contributed by atoms with Gasteiger partial charge in [-0.1, -0.05) is 45.9 Å². The van der Waals surface area contributed by atoms with Gasteiger partial charge in [0, 0.05) is 20.5 Å². The van der Waals surface area contributed by atoms with Crippen molar-refractivity contribution in [1.82, 2.24) is 5.01 Å². The zero-order valence-corrected chi connectivity index (χ0v) is 18.7. The zero-order valence-electron chi connectivity index (χ0n) is 14.6. The molecule has 0 saturated carbocycles. The Morgan fingerprint density at radius 2 is 1.73 bits per heavy atom. The van der Waals surface area contributed by atoms with E-state index in [4.69, 9.17) is 9.84 Å². The Morgan fingerprint density at radius 1 is 1.12 bits per heavy atom. The van der Waals surface area contributed by atoms with Crippen LogP contribution in [0, 0.1) is 0 Å². The third-order valence-electron chi connectivity index (χ3n) is 3.81. The molecule has 0 amide bonds. The van der Waals surface area contributed by atoms with Crippen LogP contribution in [0.2, 0.25) is 0 Å². The molecule has 2 aromatic rings. The lowest BCUT2D eigenvalue weighted by molar-refractivity contribution is 0.414. The summed E-state index contributed by atoms with van der Waals surface area (Å²) in [5, 5.41) is 7.86. The van der Waals surface area contributed by atoms with Crippen LogP contribution in [0.25, 0.3) is 5.70 Å². The van der Waals surface area contributed by atoms with Crippen LogP contribution in [0.4, 0.5) is 0 Å². The SMILES string of the molecule is Br.C=CCN1N=C(c2ccc(Br)cc2)SC(C)=C1c1ccc(OC)cc1. The topological polar surface area (TPSA) is 24.8 Å². The molecular formula is C20H20Br2N2OS. The highest BCUT2D eigenvalue weighted by Crippen LogP contribution is 2.37. The number of ether oxygens (including phenoxy) is 1. The van der Waals surface area contributed by atoms with Crippen molar-refractivity contribution in [1.29, 1.82) is 0 Å². The molecule has 0 bridgehead atoms. The number of hydrogen-bond acceptors (Lipinski definition) is 4. The van der Waals surface area contributed by atoms with Crippen molar-refractivity contribution in [3.05, 3.63) is 81.7 Å². The average molecular weight is 496 g/mol. The van der Waals surface area contributed by atoms with Gasteiger partial charge in [0.1, 0.15) is 10.8 Å². The first-order chi connectivity index (χ1) is 12.1. The van der Waals surface area contributed by atoms with E-state index in [0.29, 0.717) is 6.54 Å². The van der Waals surface area contributed by atoms with Gasteiger partial charge in [0.25, 0.3) is 0 Å². The van der Waals surface area contributed by atoms with Gasteiger partial charge >= 0.3 is 0 Å². The second-order valence-corrected chi connectivity index (χ2v) is 7.64. The van der Waals surface area contributed by atoms with Gasteiger partial charge in [0.05, 0.1) is 19.4 Å². The van der Waals surface area contributed by atoms with Gasteiger partial charge < -0.3 is 4.74 Å². The predicted molar refractivity (Wildman–Crippen MR) is 121 cm³/mol. The Balaban J connectivity index is 0.00000243. The van der Waals surface area contributed by atoms with Crippen LogP contribution in [0.15, 0.2) is 75.7 Å². The number of benzene rings is 2. The van der Waals surface area contributed by atoms with E-state index < -0.39 is 0 Å². The first-order valence-electron chi connectivity index (χ1n) is 7.88. The minimum Gasteiger partial charge on any atom is -0.497 e. The van der Waals surface area contributed by atoms with E-state index in [1.54, 1.807) is 18.9 Å². The smallest absolute Gasteiger partial charge is 0.128 e. The van der Waals surface area contributed by atoms with Gasteiger partial charge in [-0.2, -0.15) is 5.10 Å². The van der Waals surface area contributed by atoms with Crippen LogP contribution in [0.3, 0.4) is 0 Å². The molecule has 0 N–H and O–H groups in total. The van der Waals surface area contributed by atoms with Crippen molar-refractivity contribution < 1.29 is 4.74 Å². The number of halogens is 2. The molecule has 1 aliphatic rings. The van der Waals surface area contributed by atoms with Gasteiger partial charge in [0.15, 0.2) is 0 Å². The number of rotatable bonds is 5. The van der Waals surface area contributed by atoms with Crippen LogP contribution in [0.5, 0.6) is 5.75 Å². The number of allylic oxidation sites excluding steroid dienone is 1. The van der Waals surface area contributed by atoms with Crippen molar-refractivity contribution >= 4 is 55.4 Å². The lowest BCUT2D eigenvalue weighted by atomic mass is 10.1. The maximum Gasteiger partial charge on any atom is 0.128 e. The molecule has 0 fully saturated rings. The summed E-state index contributed by atoms with van der Waals surface area (Å²) in [6.07, 6.45) is 1.87. The molecule has 3 rings (SSSR count). The Bertz CT molecular complexity index is 830. The van der Waals surface area contributed by atoms with Crippen LogP contribution < -0.4 is 4.74 Å². The standard InChI is InChI=1S/C20H19BrN2OS.BrH/c1-4-13-23-19(15-7-11-18(24-3)12-8-15)14(2)25-20(22-23)16-5-9-17(21)10-6-16;/h4-12H,1,13H2,2-3H3;1H. The molecule has 0 unspecified atom stereocenters. The van der Waals surface area contributed by atoms with Gasteiger partial charge in [-0.05, 0) is 43.3 Å². The van der Waals surface area contributed by atoms with Crippen molar-refractivity contribution in [2.75, 3.05) is 13.7 Å². The van der Waals surface area contributed by atoms with E-state index in [-0.39, 0.29) is 17.0 Å². The molecule has 3 nitrogen and oxygen atoms in total. The summed E-state index contributed by atoms with van der Waals surface area (Å²) in [5.41, 5.74) is 3.33. The highest BCUT2D eigenvalue weighted by Gasteiger charge is 2.22. The molecule has 0 atom stereocenters. The summed E-state index contributed by atoms with van der Waals surface area (Å²) >= 11 is 5.17. The van der Waals surface area contributed by atoms with Gasteiger partial charge in [-0.25, -0.2) is 0 Å². The summed E-state index contributed by atoms with van der Waals surface area (Å²) in [6.45, 7) is 6.66. The normalized spacial score (nSPS) is 13.8. The maximum atomic E-state index is 5.26. The first kappa shape index (κ1) is 20.8. The highest BCUT2D eigenvalue weighted by atomic mass is 79.9. The van der Waals surface area contributed by atoms with Crippen molar-refractivity contribution in [2.45, 2.75) is 6.92 Å². The van der Waals surface area contributed by atoms with Gasteiger partial charge in [-0.3, -0.25) is 5.01 Å². The fourth-order valence-electron chi connectivity index (χ4n) is 2.62. The number of nitrogens with zero attached hydrogens (tertiary/aromatic N) is 2.